The average Bonchev–Trinajstić information content (AvgIpc) is 2.19. The van der Waals surface area contributed by atoms with Crippen LogP contribution in [0.1, 0.15) is 13.3 Å². The van der Waals surface area contributed by atoms with Crippen molar-refractivity contribution in [3.8, 4) is 0 Å². The van der Waals surface area contributed by atoms with Crippen LogP contribution in [0.4, 0.5) is 5.69 Å². The summed E-state index contributed by atoms with van der Waals surface area (Å²) in [4.78, 5) is 0. The number of ether oxygens (including phenoxy) is 1. The number of hydrogen-bond donors (Lipinski definition) is 2. The highest BCUT2D eigenvalue weighted by atomic mass is 16.6. The van der Waals surface area contributed by atoms with Crippen LogP contribution in [0.15, 0.2) is 30.3 Å². The number of hydrogen-bond acceptors (Lipinski definition) is 3. The molecule has 72 valence electrons. The number of rotatable bonds is 4. The molecule has 1 atom stereocenters. The molecule has 3 nitrogen and oxygen atoms in total. The molecule has 0 saturated carbocycles. The number of benzene rings is 1. The van der Waals surface area contributed by atoms with Gasteiger partial charge >= 0.3 is 0 Å². The van der Waals surface area contributed by atoms with E-state index in [4.69, 9.17) is 4.74 Å². The van der Waals surface area contributed by atoms with E-state index < -0.39 is 5.91 Å². The first-order valence-electron chi connectivity index (χ1n) is 4.31. The van der Waals surface area contributed by atoms with E-state index in [1.807, 2.05) is 37.3 Å². The minimum absolute atomic E-state index is 0.485. The molecule has 0 aliphatic carbocycles. The second-order valence-corrected chi connectivity index (χ2v) is 2.83. The minimum atomic E-state index is -1.26. The summed E-state index contributed by atoms with van der Waals surface area (Å²) in [5, 5.41) is 12.6. The van der Waals surface area contributed by atoms with Crippen molar-refractivity contribution in [3.63, 3.8) is 0 Å². The topological polar surface area (TPSA) is 41.5 Å². The predicted molar refractivity (Wildman–Crippen MR) is 52.3 cm³/mol. The zero-order chi connectivity index (χ0) is 9.73. The molecule has 1 aromatic rings. The summed E-state index contributed by atoms with van der Waals surface area (Å²) in [6, 6.07) is 9.46. The largest absolute Gasteiger partial charge is 0.349 e. The third-order valence-corrected chi connectivity index (χ3v) is 1.93. The first-order valence-corrected chi connectivity index (χ1v) is 4.31. The van der Waals surface area contributed by atoms with E-state index in [0.29, 0.717) is 6.42 Å². The third-order valence-electron chi connectivity index (χ3n) is 1.93. The van der Waals surface area contributed by atoms with E-state index in [9.17, 15) is 5.11 Å². The van der Waals surface area contributed by atoms with E-state index >= 15 is 0 Å². The second kappa shape index (κ2) is 4.25. The number of anilines is 1. The Morgan fingerprint density at radius 1 is 1.38 bits per heavy atom. The van der Waals surface area contributed by atoms with E-state index in [2.05, 4.69) is 5.32 Å². The zero-order valence-corrected chi connectivity index (χ0v) is 7.95. The minimum Gasteiger partial charge on any atom is -0.349 e. The molecule has 13 heavy (non-hydrogen) atoms. The molecule has 0 spiro atoms. The molecular formula is C10H15NO2. The Morgan fingerprint density at radius 2 is 2.00 bits per heavy atom. The normalized spacial score (nSPS) is 15.0. The SMILES string of the molecule is CCC(O)(Nc1ccccc1)OC. The van der Waals surface area contributed by atoms with E-state index in [0.717, 1.165) is 5.69 Å². The van der Waals surface area contributed by atoms with Gasteiger partial charge in [0.2, 0.25) is 5.91 Å². The number of nitrogens with one attached hydrogen (secondary N) is 1. The van der Waals surface area contributed by atoms with Crippen molar-refractivity contribution < 1.29 is 9.84 Å². The lowest BCUT2D eigenvalue weighted by atomic mass is 10.3. The van der Waals surface area contributed by atoms with Crippen molar-refractivity contribution in [3.05, 3.63) is 30.3 Å². The molecule has 1 rings (SSSR count). The van der Waals surface area contributed by atoms with Crippen LogP contribution in [-0.4, -0.2) is 18.1 Å². The fourth-order valence-corrected chi connectivity index (χ4v) is 1.03. The van der Waals surface area contributed by atoms with Gasteiger partial charge in [0.1, 0.15) is 0 Å². The Morgan fingerprint density at radius 3 is 2.46 bits per heavy atom. The van der Waals surface area contributed by atoms with Crippen LogP contribution in [0.2, 0.25) is 0 Å². The standard InChI is InChI=1S/C10H15NO2/c1-3-10(12,13-2)11-9-7-5-4-6-8-9/h4-8,11-12H,3H2,1-2H3. The highest BCUT2D eigenvalue weighted by Gasteiger charge is 2.22. The Hall–Kier alpha value is -1.06. The molecule has 0 aromatic heterocycles. The first-order chi connectivity index (χ1) is 6.20. The molecule has 0 radical (unpaired) electrons. The van der Waals surface area contributed by atoms with Crippen LogP contribution in [0, 0.1) is 0 Å². The van der Waals surface area contributed by atoms with Crippen molar-refractivity contribution in [2.24, 2.45) is 0 Å². The van der Waals surface area contributed by atoms with Crippen LogP contribution in [-0.2, 0) is 4.74 Å². The maximum absolute atomic E-state index is 9.75. The number of para-hydroxylation sites is 1. The summed E-state index contributed by atoms with van der Waals surface area (Å²) >= 11 is 0. The van der Waals surface area contributed by atoms with Gasteiger partial charge in [0.05, 0.1) is 0 Å². The molecule has 0 fully saturated rings. The van der Waals surface area contributed by atoms with Crippen LogP contribution in [0.5, 0.6) is 0 Å². The lowest BCUT2D eigenvalue weighted by Gasteiger charge is -2.26. The summed E-state index contributed by atoms with van der Waals surface area (Å²) in [7, 11) is 1.47. The van der Waals surface area contributed by atoms with Gasteiger partial charge in [-0.2, -0.15) is 0 Å². The van der Waals surface area contributed by atoms with E-state index in [-0.39, 0.29) is 0 Å². The van der Waals surface area contributed by atoms with Gasteiger partial charge in [-0.15, -0.1) is 0 Å². The van der Waals surface area contributed by atoms with Crippen LogP contribution >= 0.6 is 0 Å². The van der Waals surface area contributed by atoms with Crippen molar-refractivity contribution in [1.82, 2.24) is 0 Å². The lowest BCUT2D eigenvalue weighted by molar-refractivity contribution is -0.163. The molecule has 1 aromatic carbocycles. The molecule has 1 unspecified atom stereocenters. The predicted octanol–water partition coefficient (Wildman–Crippen LogP) is 1.80. The van der Waals surface area contributed by atoms with Crippen molar-refractivity contribution in [2.75, 3.05) is 12.4 Å². The maximum atomic E-state index is 9.75. The molecule has 0 heterocycles. The molecule has 0 bridgehead atoms. The Balaban J connectivity index is 2.68. The lowest BCUT2D eigenvalue weighted by Crippen LogP contribution is -2.39. The summed E-state index contributed by atoms with van der Waals surface area (Å²) in [5.74, 6) is -1.26. The molecular weight excluding hydrogens is 166 g/mol. The molecule has 3 heteroatoms. The monoisotopic (exact) mass is 181 g/mol. The van der Waals surface area contributed by atoms with Crippen LogP contribution < -0.4 is 5.32 Å². The van der Waals surface area contributed by atoms with Gasteiger partial charge in [-0.25, -0.2) is 0 Å². The Kier molecular flexibility index (Phi) is 3.28. The van der Waals surface area contributed by atoms with Gasteiger partial charge in [-0.05, 0) is 12.1 Å². The van der Waals surface area contributed by atoms with Gasteiger partial charge in [-0.1, -0.05) is 25.1 Å². The Labute approximate surface area is 78.3 Å². The highest BCUT2D eigenvalue weighted by Crippen LogP contribution is 2.15. The fraction of sp³-hybridized carbons (Fsp3) is 0.400. The summed E-state index contributed by atoms with van der Waals surface area (Å²) in [6.07, 6.45) is 0.485. The fourth-order valence-electron chi connectivity index (χ4n) is 1.03. The van der Waals surface area contributed by atoms with Crippen molar-refractivity contribution >= 4 is 5.69 Å². The molecule has 0 aliphatic heterocycles. The quantitative estimate of drug-likeness (QED) is 0.696. The Bertz CT molecular complexity index is 244. The number of methoxy groups -OCH3 is 1. The van der Waals surface area contributed by atoms with Gasteiger partial charge in [0, 0.05) is 19.2 Å². The van der Waals surface area contributed by atoms with Crippen LogP contribution in [0.3, 0.4) is 0 Å². The number of aliphatic hydroxyl groups is 1. The third kappa shape index (κ3) is 2.72. The molecule has 0 saturated heterocycles. The smallest absolute Gasteiger partial charge is 0.246 e. The first kappa shape index (κ1) is 10.0. The van der Waals surface area contributed by atoms with Crippen molar-refractivity contribution in [2.45, 2.75) is 19.3 Å². The summed E-state index contributed by atoms with van der Waals surface area (Å²) in [5.41, 5.74) is 0.841. The maximum Gasteiger partial charge on any atom is 0.246 e. The van der Waals surface area contributed by atoms with Crippen molar-refractivity contribution in [1.29, 1.82) is 0 Å². The molecule has 0 amide bonds. The van der Waals surface area contributed by atoms with E-state index in [1.54, 1.807) is 0 Å². The zero-order valence-electron chi connectivity index (χ0n) is 7.95. The van der Waals surface area contributed by atoms with Gasteiger partial charge < -0.3 is 15.2 Å². The summed E-state index contributed by atoms with van der Waals surface area (Å²) in [6.45, 7) is 1.85. The van der Waals surface area contributed by atoms with Crippen LogP contribution in [0.25, 0.3) is 0 Å². The van der Waals surface area contributed by atoms with E-state index in [1.165, 1.54) is 7.11 Å². The average molecular weight is 181 g/mol. The summed E-state index contributed by atoms with van der Waals surface area (Å²) < 4.78 is 4.94. The van der Waals surface area contributed by atoms with Gasteiger partial charge in [0.25, 0.3) is 0 Å². The highest BCUT2D eigenvalue weighted by molar-refractivity contribution is 5.43. The van der Waals surface area contributed by atoms with Gasteiger partial charge in [-0.3, -0.25) is 0 Å². The molecule has 2 N–H and O–H groups in total. The molecule has 0 aliphatic rings. The van der Waals surface area contributed by atoms with Gasteiger partial charge in [0.15, 0.2) is 0 Å². The second-order valence-electron chi connectivity index (χ2n) is 2.83.